The van der Waals surface area contributed by atoms with Crippen LogP contribution in [0.15, 0.2) is 38.1 Å². The third-order valence-corrected chi connectivity index (χ3v) is 6.46. The Morgan fingerprint density at radius 1 is 1.11 bits per heavy atom. The summed E-state index contributed by atoms with van der Waals surface area (Å²) in [6.07, 6.45) is -7.29. The SMILES string of the molecule is COc1c2ccoc2cc2oc(=O)c(CC(OC(C)=O)C(C)(C)OC3OC(CO)C(O)C(O)C3O)cc12. The molecule has 1 aliphatic rings. The van der Waals surface area contributed by atoms with Gasteiger partial charge in [0.25, 0.3) is 0 Å². The summed E-state index contributed by atoms with van der Waals surface area (Å²) in [6.45, 7) is 3.64. The molecule has 1 aromatic carbocycles. The van der Waals surface area contributed by atoms with Crippen LogP contribution in [0, 0.1) is 0 Å². The van der Waals surface area contributed by atoms with Crippen molar-refractivity contribution in [1.82, 2.24) is 0 Å². The minimum absolute atomic E-state index is 0.144. The number of benzene rings is 1. The molecule has 2 aromatic heterocycles. The van der Waals surface area contributed by atoms with Crippen LogP contribution in [0.3, 0.4) is 0 Å². The largest absolute Gasteiger partial charge is 0.495 e. The van der Waals surface area contributed by atoms with Crippen molar-refractivity contribution in [3.63, 3.8) is 0 Å². The number of methoxy groups -OCH3 is 1. The van der Waals surface area contributed by atoms with Crippen molar-refractivity contribution in [1.29, 1.82) is 0 Å². The van der Waals surface area contributed by atoms with Crippen molar-refractivity contribution in [3.05, 3.63) is 40.4 Å². The second-order valence-corrected chi connectivity index (χ2v) is 9.43. The van der Waals surface area contributed by atoms with Gasteiger partial charge in [0.05, 0.1) is 30.8 Å². The van der Waals surface area contributed by atoms with E-state index < -0.39 is 60.6 Å². The van der Waals surface area contributed by atoms with Gasteiger partial charge < -0.3 is 48.2 Å². The molecule has 0 radical (unpaired) electrons. The van der Waals surface area contributed by atoms with Crippen molar-refractivity contribution in [2.75, 3.05) is 13.7 Å². The van der Waals surface area contributed by atoms with E-state index >= 15 is 0 Å². The highest BCUT2D eigenvalue weighted by Crippen LogP contribution is 2.36. The molecule has 12 heteroatoms. The molecular weight excluding hydrogens is 492 g/mol. The molecule has 6 atom stereocenters. The summed E-state index contributed by atoms with van der Waals surface area (Å²) in [4.78, 5) is 24.8. The van der Waals surface area contributed by atoms with Crippen molar-refractivity contribution in [2.24, 2.45) is 0 Å². The van der Waals surface area contributed by atoms with E-state index in [2.05, 4.69) is 0 Å². The monoisotopic (exact) mass is 522 g/mol. The summed E-state index contributed by atoms with van der Waals surface area (Å²) in [5.41, 5.74) is -1.19. The highest BCUT2D eigenvalue weighted by atomic mass is 16.7. The van der Waals surface area contributed by atoms with Gasteiger partial charge in [-0.15, -0.1) is 0 Å². The zero-order valence-electron chi connectivity index (χ0n) is 20.7. The Kier molecular flexibility index (Phi) is 7.60. The van der Waals surface area contributed by atoms with Gasteiger partial charge >= 0.3 is 11.6 Å². The second-order valence-electron chi connectivity index (χ2n) is 9.43. The lowest BCUT2D eigenvalue weighted by Gasteiger charge is -2.44. The predicted molar refractivity (Wildman–Crippen MR) is 127 cm³/mol. The van der Waals surface area contributed by atoms with Gasteiger partial charge in [0.15, 0.2) is 6.29 Å². The molecule has 3 aromatic rings. The van der Waals surface area contributed by atoms with Crippen LogP contribution in [0.25, 0.3) is 21.9 Å². The normalized spacial score (nSPS) is 25.4. The molecule has 4 N–H and O–H groups in total. The van der Waals surface area contributed by atoms with Gasteiger partial charge in [-0.25, -0.2) is 4.79 Å². The third-order valence-electron chi connectivity index (χ3n) is 6.46. The van der Waals surface area contributed by atoms with Gasteiger partial charge in [0, 0.05) is 25.0 Å². The lowest BCUT2D eigenvalue weighted by Crippen LogP contribution is -2.61. The third kappa shape index (κ3) is 5.21. The number of furan rings is 1. The number of fused-ring (bicyclic) bond motifs is 2. The molecule has 0 saturated carbocycles. The number of esters is 1. The van der Waals surface area contributed by atoms with Gasteiger partial charge in [-0.2, -0.15) is 0 Å². The first-order valence-corrected chi connectivity index (χ1v) is 11.6. The quantitative estimate of drug-likeness (QED) is 0.240. The number of hydrogen-bond donors (Lipinski definition) is 4. The molecular formula is C25H30O12. The van der Waals surface area contributed by atoms with E-state index in [1.54, 1.807) is 32.0 Å². The van der Waals surface area contributed by atoms with Gasteiger partial charge in [-0.1, -0.05) is 0 Å². The number of aliphatic hydroxyl groups is 4. The number of carbonyl (C=O) groups is 1. The van der Waals surface area contributed by atoms with E-state index in [0.29, 0.717) is 22.1 Å². The Labute approximate surface area is 210 Å². The average Bonchev–Trinajstić information content (AvgIpc) is 3.30. The van der Waals surface area contributed by atoms with E-state index in [4.69, 9.17) is 27.8 Å². The van der Waals surface area contributed by atoms with Gasteiger partial charge in [0.2, 0.25) is 0 Å². The Morgan fingerprint density at radius 2 is 1.84 bits per heavy atom. The second kappa shape index (κ2) is 10.4. The molecule has 1 fully saturated rings. The van der Waals surface area contributed by atoms with Gasteiger partial charge in [-0.3, -0.25) is 4.79 Å². The summed E-state index contributed by atoms with van der Waals surface area (Å²) in [6, 6.07) is 4.87. The highest BCUT2D eigenvalue weighted by molar-refractivity contribution is 6.01. The topological polar surface area (TPSA) is 178 Å². The molecule has 6 unspecified atom stereocenters. The van der Waals surface area contributed by atoms with E-state index in [9.17, 15) is 30.0 Å². The minimum atomic E-state index is -1.66. The molecule has 3 heterocycles. The van der Waals surface area contributed by atoms with Crippen molar-refractivity contribution in [3.8, 4) is 5.75 Å². The molecule has 37 heavy (non-hydrogen) atoms. The fourth-order valence-corrected chi connectivity index (χ4v) is 4.43. The Balaban J connectivity index is 1.68. The number of hydrogen-bond acceptors (Lipinski definition) is 12. The van der Waals surface area contributed by atoms with E-state index in [-0.39, 0.29) is 17.6 Å². The lowest BCUT2D eigenvalue weighted by atomic mass is 9.93. The van der Waals surface area contributed by atoms with Gasteiger partial charge in [0.1, 0.15) is 53.0 Å². The lowest BCUT2D eigenvalue weighted by molar-refractivity contribution is -0.331. The standard InChI is InChI=1S/C25H30O12/c1-11(27)34-18(25(2,3)37-24-21(30)20(29)19(28)17(10-26)36-24)8-12-7-14-16(35-23(12)31)9-15-13(5-6-33-15)22(14)32-4/h5-7,9,17-21,24,26,28-30H,8,10H2,1-4H3. The molecule has 0 bridgehead atoms. The first-order chi connectivity index (χ1) is 17.5. The molecule has 1 aliphatic heterocycles. The van der Waals surface area contributed by atoms with E-state index in [1.165, 1.54) is 20.3 Å². The van der Waals surface area contributed by atoms with Crippen LogP contribution < -0.4 is 10.4 Å². The van der Waals surface area contributed by atoms with E-state index in [1.807, 2.05) is 0 Å². The molecule has 1 saturated heterocycles. The molecule has 4 rings (SSSR count). The van der Waals surface area contributed by atoms with Gasteiger partial charge in [-0.05, 0) is 26.0 Å². The predicted octanol–water partition coefficient (Wildman–Crippen LogP) is 0.617. The summed E-state index contributed by atoms with van der Waals surface area (Å²) in [7, 11) is 1.48. The first-order valence-electron chi connectivity index (χ1n) is 11.6. The summed E-state index contributed by atoms with van der Waals surface area (Å²) >= 11 is 0. The zero-order chi connectivity index (χ0) is 27.1. The smallest absolute Gasteiger partial charge is 0.339 e. The highest BCUT2D eigenvalue weighted by Gasteiger charge is 2.47. The number of carbonyl (C=O) groups excluding carboxylic acids is 1. The fourth-order valence-electron chi connectivity index (χ4n) is 4.43. The van der Waals surface area contributed by atoms with Crippen LogP contribution in [-0.4, -0.2) is 82.5 Å². The van der Waals surface area contributed by atoms with Crippen molar-refractivity contribution < 1.29 is 53.0 Å². The Hall–Kier alpha value is -3.00. The number of rotatable bonds is 8. The van der Waals surface area contributed by atoms with E-state index in [0.717, 1.165) is 0 Å². The van der Waals surface area contributed by atoms with Crippen LogP contribution in [0.4, 0.5) is 0 Å². The van der Waals surface area contributed by atoms with Crippen LogP contribution in [-0.2, 0) is 25.4 Å². The number of ether oxygens (including phenoxy) is 4. The average molecular weight is 523 g/mol. The first kappa shape index (κ1) is 27.0. The maximum absolute atomic E-state index is 12.9. The molecule has 0 aliphatic carbocycles. The summed E-state index contributed by atoms with van der Waals surface area (Å²) in [5, 5.41) is 41.2. The van der Waals surface area contributed by atoms with Crippen LogP contribution in [0.5, 0.6) is 5.75 Å². The summed E-state index contributed by atoms with van der Waals surface area (Å²) in [5.74, 6) is -0.217. The maximum atomic E-state index is 12.9. The molecule has 0 spiro atoms. The molecule has 12 nitrogen and oxygen atoms in total. The molecule has 202 valence electrons. The summed E-state index contributed by atoms with van der Waals surface area (Å²) < 4.78 is 33.3. The zero-order valence-corrected chi connectivity index (χ0v) is 20.7. The fraction of sp³-hybridized carbons (Fsp3) is 0.520. The Morgan fingerprint density at radius 3 is 2.49 bits per heavy atom. The van der Waals surface area contributed by atoms with Crippen molar-refractivity contribution >= 4 is 27.9 Å². The van der Waals surface area contributed by atoms with Crippen molar-refractivity contribution in [2.45, 2.75) is 69.6 Å². The number of aliphatic hydroxyl groups excluding tert-OH is 4. The Bertz CT molecular complexity index is 1320. The molecule has 0 amide bonds. The van der Waals surface area contributed by atoms with Crippen LogP contribution in [0.1, 0.15) is 26.3 Å². The van der Waals surface area contributed by atoms with Crippen LogP contribution >= 0.6 is 0 Å². The minimum Gasteiger partial charge on any atom is -0.495 e. The maximum Gasteiger partial charge on any atom is 0.339 e. The van der Waals surface area contributed by atoms with Crippen LogP contribution in [0.2, 0.25) is 0 Å².